The van der Waals surface area contributed by atoms with Crippen LogP contribution in [0.5, 0.6) is 23.0 Å². The summed E-state index contributed by atoms with van der Waals surface area (Å²) < 4.78 is 22.4. The molecule has 0 heterocycles. The molecule has 0 saturated carbocycles. The van der Waals surface area contributed by atoms with Crippen LogP contribution in [0.1, 0.15) is 146 Å². The summed E-state index contributed by atoms with van der Waals surface area (Å²) in [5.41, 5.74) is 3.27. The van der Waals surface area contributed by atoms with Crippen molar-refractivity contribution in [1.29, 1.82) is 5.26 Å². The van der Waals surface area contributed by atoms with Gasteiger partial charge < -0.3 is 18.9 Å². The summed E-state index contributed by atoms with van der Waals surface area (Å²) in [5, 5.41) is 8.92. The van der Waals surface area contributed by atoms with Crippen molar-refractivity contribution >= 4 is 17.9 Å². The lowest BCUT2D eigenvalue weighted by atomic mass is 10.0. The van der Waals surface area contributed by atoms with Crippen LogP contribution >= 0.6 is 0 Å². The molecule has 312 valence electrons. The summed E-state index contributed by atoms with van der Waals surface area (Å²) >= 11 is 0. The van der Waals surface area contributed by atoms with E-state index in [1.54, 1.807) is 72.8 Å². The summed E-state index contributed by atoms with van der Waals surface area (Å²) in [6, 6.07) is 35.4. The molecule has 0 aliphatic heterocycles. The first-order valence-electron chi connectivity index (χ1n) is 21.6. The molecule has 0 amide bonds. The Morgan fingerprint density at radius 2 is 0.700 bits per heavy atom. The van der Waals surface area contributed by atoms with Crippen molar-refractivity contribution in [2.24, 2.45) is 0 Å². The smallest absolute Gasteiger partial charge is 0.343 e. The number of hydrogen-bond acceptors (Lipinski definition) is 8. The maximum absolute atomic E-state index is 12.8. The summed E-state index contributed by atoms with van der Waals surface area (Å²) in [6.45, 7) is 2.94. The average molecular weight is 808 g/mol. The van der Waals surface area contributed by atoms with E-state index in [4.69, 9.17) is 24.2 Å². The summed E-state index contributed by atoms with van der Waals surface area (Å²) in [7, 11) is 0. The van der Waals surface area contributed by atoms with E-state index in [0.29, 0.717) is 34.8 Å². The van der Waals surface area contributed by atoms with Gasteiger partial charge in [-0.1, -0.05) is 128 Å². The fourth-order valence-electron chi connectivity index (χ4n) is 6.80. The van der Waals surface area contributed by atoms with E-state index < -0.39 is 17.9 Å². The Hall–Kier alpha value is -6.20. The number of benzene rings is 5. The number of nitriles is 1. The highest BCUT2D eigenvalue weighted by atomic mass is 16.5. The number of unbranched alkanes of at least 4 members (excludes halogenated alkanes) is 15. The van der Waals surface area contributed by atoms with Gasteiger partial charge in [0.05, 0.1) is 34.9 Å². The summed E-state index contributed by atoms with van der Waals surface area (Å²) in [6.07, 6.45) is 21.4. The van der Waals surface area contributed by atoms with E-state index >= 15 is 0 Å². The van der Waals surface area contributed by atoms with E-state index in [-0.39, 0.29) is 11.3 Å². The third-order valence-corrected chi connectivity index (χ3v) is 10.4. The normalized spacial score (nSPS) is 10.7. The van der Waals surface area contributed by atoms with E-state index in [1.165, 1.54) is 121 Å². The quantitative estimate of drug-likeness (QED) is 0.0325. The van der Waals surface area contributed by atoms with E-state index in [9.17, 15) is 14.4 Å². The molecule has 60 heavy (non-hydrogen) atoms. The van der Waals surface area contributed by atoms with Gasteiger partial charge in [-0.3, -0.25) is 0 Å². The van der Waals surface area contributed by atoms with Crippen LogP contribution in [0.4, 0.5) is 0 Å². The molecule has 5 aromatic carbocycles. The SMILES string of the molecule is CCCCCCCCCCCCCCCCCCOc1ccc(C(=O)Oc2ccc(-c3ccc(C(=O)Oc4ccc(C(=O)Oc5ccc(C#N)cc5)cc4)cc3)cc2)cc1. The number of carbonyl (C=O) groups is 3. The van der Waals surface area contributed by atoms with E-state index in [0.717, 1.165) is 23.3 Å². The Labute approximate surface area is 355 Å². The van der Waals surface area contributed by atoms with Crippen LogP contribution in [0.15, 0.2) is 121 Å². The lowest BCUT2D eigenvalue weighted by Crippen LogP contribution is -2.10. The predicted molar refractivity (Wildman–Crippen MR) is 236 cm³/mol. The number of ether oxygens (including phenoxy) is 4. The summed E-state index contributed by atoms with van der Waals surface area (Å²) in [4.78, 5) is 38.1. The monoisotopic (exact) mass is 807 g/mol. The van der Waals surface area contributed by atoms with Gasteiger partial charge in [0, 0.05) is 0 Å². The third kappa shape index (κ3) is 15.5. The second-order valence-electron chi connectivity index (χ2n) is 15.1. The molecule has 5 rings (SSSR count). The average Bonchev–Trinajstić information content (AvgIpc) is 3.28. The Morgan fingerprint density at radius 1 is 0.400 bits per heavy atom. The number of rotatable bonds is 25. The Bertz CT molecular complexity index is 2080. The highest BCUT2D eigenvalue weighted by Gasteiger charge is 2.13. The van der Waals surface area contributed by atoms with Crippen LogP contribution in [0.2, 0.25) is 0 Å². The predicted octanol–water partition coefficient (Wildman–Crippen LogP) is 13.5. The fourth-order valence-corrected chi connectivity index (χ4v) is 6.80. The molecule has 0 unspecified atom stereocenters. The number of esters is 3. The van der Waals surface area contributed by atoms with Gasteiger partial charge in [-0.2, -0.15) is 5.26 Å². The van der Waals surface area contributed by atoms with Gasteiger partial charge in [-0.05, 0) is 115 Å². The minimum atomic E-state index is -0.578. The Balaban J connectivity index is 0.946. The molecule has 0 aliphatic carbocycles. The van der Waals surface area contributed by atoms with Crippen molar-refractivity contribution in [1.82, 2.24) is 0 Å². The molecule has 0 saturated heterocycles. The van der Waals surface area contributed by atoms with Crippen molar-refractivity contribution < 1.29 is 33.3 Å². The van der Waals surface area contributed by atoms with Gasteiger partial charge in [0.15, 0.2) is 0 Å². The van der Waals surface area contributed by atoms with Crippen molar-refractivity contribution in [3.63, 3.8) is 0 Å². The first-order chi connectivity index (χ1) is 29.4. The first kappa shape index (κ1) is 44.9. The van der Waals surface area contributed by atoms with Gasteiger partial charge in [0.1, 0.15) is 23.0 Å². The Morgan fingerprint density at radius 3 is 1.08 bits per heavy atom. The molecule has 0 bridgehead atoms. The fraction of sp³-hybridized carbons (Fsp3) is 0.346. The maximum atomic E-state index is 12.8. The summed E-state index contributed by atoms with van der Waals surface area (Å²) in [5.74, 6) is 0.169. The maximum Gasteiger partial charge on any atom is 0.343 e. The minimum absolute atomic E-state index is 0.272. The number of nitrogens with zero attached hydrogens (tertiary/aromatic N) is 1. The standard InChI is InChI=1S/C52H57NO7/c1-2-3-4-5-6-7-8-9-10-11-12-13-14-15-16-17-38-57-46-32-26-44(27-33-46)51(55)59-48-34-24-42(25-35-48)41-20-22-43(23-21-41)50(54)60-49-36-28-45(29-37-49)52(56)58-47-30-18-40(39-53)19-31-47/h18-37H,2-17,38H2,1H3. The van der Waals surface area contributed by atoms with Gasteiger partial charge in [0.2, 0.25) is 0 Å². The minimum Gasteiger partial charge on any atom is -0.494 e. The molecule has 0 spiro atoms. The molecule has 0 atom stereocenters. The highest BCUT2D eigenvalue weighted by Crippen LogP contribution is 2.25. The second-order valence-corrected chi connectivity index (χ2v) is 15.1. The van der Waals surface area contributed by atoms with Crippen molar-refractivity contribution in [3.05, 3.63) is 144 Å². The largest absolute Gasteiger partial charge is 0.494 e. The molecule has 0 radical (unpaired) electrons. The highest BCUT2D eigenvalue weighted by molar-refractivity contribution is 5.93. The van der Waals surface area contributed by atoms with Gasteiger partial charge >= 0.3 is 17.9 Å². The molecule has 0 fully saturated rings. The zero-order valence-corrected chi connectivity index (χ0v) is 34.9. The van der Waals surface area contributed by atoms with Crippen LogP contribution in [-0.4, -0.2) is 24.5 Å². The molecule has 0 aromatic heterocycles. The van der Waals surface area contributed by atoms with E-state index in [1.807, 2.05) is 30.3 Å². The molecule has 0 N–H and O–H groups in total. The third-order valence-electron chi connectivity index (χ3n) is 10.4. The molecule has 8 heteroatoms. The van der Waals surface area contributed by atoms with Crippen LogP contribution in [0.25, 0.3) is 11.1 Å². The topological polar surface area (TPSA) is 112 Å². The second kappa shape index (κ2) is 25.3. The molecular formula is C52H57NO7. The van der Waals surface area contributed by atoms with Crippen molar-refractivity contribution in [2.45, 2.75) is 110 Å². The van der Waals surface area contributed by atoms with Crippen LogP contribution in [0, 0.1) is 11.3 Å². The first-order valence-corrected chi connectivity index (χ1v) is 21.6. The van der Waals surface area contributed by atoms with Gasteiger partial charge in [-0.25, -0.2) is 14.4 Å². The lowest BCUT2D eigenvalue weighted by molar-refractivity contribution is 0.0723. The molecule has 0 aliphatic rings. The molecular weight excluding hydrogens is 751 g/mol. The van der Waals surface area contributed by atoms with Crippen LogP contribution in [0.3, 0.4) is 0 Å². The zero-order chi connectivity index (χ0) is 42.2. The van der Waals surface area contributed by atoms with E-state index in [2.05, 4.69) is 6.92 Å². The zero-order valence-electron chi connectivity index (χ0n) is 34.9. The van der Waals surface area contributed by atoms with Crippen molar-refractivity contribution in [3.8, 4) is 40.2 Å². The molecule has 5 aromatic rings. The van der Waals surface area contributed by atoms with Crippen LogP contribution < -0.4 is 18.9 Å². The van der Waals surface area contributed by atoms with Gasteiger partial charge in [0.25, 0.3) is 0 Å². The lowest BCUT2D eigenvalue weighted by Gasteiger charge is -2.09. The number of hydrogen-bond donors (Lipinski definition) is 0. The van der Waals surface area contributed by atoms with Crippen LogP contribution in [-0.2, 0) is 0 Å². The van der Waals surface area contributed by atoms with Gasteiger partial charge in [-0.15, -0.1) is 0 Å². The Kier molecular flexibility index (Phi) is 18.9. The van der Waals surface area contributed by atoms with Crippen molar-refractivity contribution in [2.75, 3.05) is 6.61 Å². The molecule has 8 nitrogen and oxygen atoms in total. The number of carbonyl (C=O) groups excluding carboxylic acids is 3.